The van der Waals surface area contributed by atoms with Crippen LogP contribution >= 0.6 is 0 Å². The second-order valence-electron chi connectivity index (χ2n) is 4.69. The zero-order valence-corrected chi connectivity index (χ0v) is 9.54. The lowest BCUT2D eigenvalue weighted by Crippen LogP contribution is -2.44. The molecule has 1 unspecified atom stereocenters. The van der Waals surface area contributed by atoms with Crippen molar-refractivity contribution in [3.63, 3.8) is 0 Å². The molecule has 1 aliphatic carbocycles. The molecule has 5 nitrogen and oxygen atoms in total. The lowest BCUT2D eigenvalue weighted by atomic mass is 10.0. The number of hydrogen-bond acceptors (Lipinski definition) is 4. The van der Waals surface area contributed by atoms with E-state index in [0.717, 1.165) is 13.0 Å². The third-order valence-electron chi connectivity index (χ3n) is 3.38. The fourth-order valence-corrected chi connectivity index (χ4v) is 2.03. The van der Waals surface area contributed by atoms with Crippen molar-refractivity contribution in [3.05, 3.63) is 0 Å². The molecule has 3 N–H and O–H groups in total. The summed E-state index contributed by atoms with van der Waals surface area (Å²) in [4.78, 5) is 11.7. The van der Waals surface area contributed by atoms with Crippen LogP contribution in [-0.2, 0) is 14.3 Å². The topological polar surface area (TPSA) is 73.6 Å². The standard InChI is InChI=1S/C11H20N2O3/c12-4-3-11(1-2-11)8-13-10(14)9-7-15-5-6-16-9/h9H,1-8,12H2,(H,13,14). The van der Waals surface area contributed by atoms with Crippen molar-refractivity contribution in [2.75, 3.05) is 32.9 Å². The van der Waals surface area contributed by atoms with Gasteiger partial charge in [0.2, 0.25) is 0 Å². The summed E-state index contributed by atoms with van der Waals surface area (Å²) in [5.74, 6) is -0.0528. The van der Waals surface area contributed by atoms with Crippen molar-refractivity contribution in [3.8, 4) is 0 Å². The number of hydrogen-bond donors (Lipinski definition) is 2. The summed E-state index contributed by atoms with van der Waals surface area (Å²) in [6.07, 6.45) is 2.91. The third kappa shape index (κ3) is 2.93. The number of carbonyl (C=O) groups excluding carboxylic acids is 1. The molecule has 1 heterocycles. The van der Waals surface area contributed by atoms with Crippen molar-refractivity contribution >= 4 is 5.91 Å². The molecular weight excluding hydrogens is 208 g/mol. The first-order chi connectivity index (χ1) is 7.76. The summed E-state index contributed by atoms with van der Waals surface area (Å²) < 4.78 is 10.5. The second-order valence-corrected chi connectivity index (χ2v) is 4.69. The van der Waals surface area contributed by atoms with Gasteiger partial charge in [0.05, 0.1) is 19.8 Å². The number of rotatable bonds is 5. The average molecular weight is 228 g/mol. The Morgan fingerprint density at radius 2 is 2.25 bits per heavy atom. The number of amides is 1. The van der Waals surface area contributed by atoms with E-state index in [1.807, 2.05) is 0 Å². The zero-order valence-electron chi connectivity index (χ0n) is 9.54. The first-order valence-electron chi connectivity index (χ1n) is 5.93. The molecule has 0 aromatic rings. The Balaban J connectivity index is 1.70. The highest BCUT2D eigenvalue weighted by atomic mass is 16.6. The molecule has 0 aromatic heterocycles. The monoisotopic (exact) mass is 228 g/mol. The molecule has 1 amide bonds. The Kier molecular flexibility index (Phi) is 3.78. The summed E-state index contributed by atoms with van der Waals surface area (Å²) in [6, 6.07) is 0. The molecule has 2 fully saturated rings. The van der Waals surface area contributed by atoms with Gasteiger partial charge in [0.15, 0.2) is 6.10 Å². The Labute approximate surface area is 95.7 Å². The van der Waals surface area contributed by atoms with Crippen LogP contribution in [0.25, 0.3) is 0 Å². The largest absolute Gasteiger partial charge is 0.376 e. The lowest BCUT2D eigenvalue weighted by Gasteiger charge is -2.23. The molecule has 2 aliphatic rings. The van der Waals surface area contributed by atoms with Gasteiger partial charge in [-0.25, -0.2) is 0 Å². The van der Waals surface area contributed by atoms with Gasteiger partial charge in [0.1, 0.15) is 0 Å². The van der Waals surface area contributed by atoms with Gasteiger partial charge in [-0.05, 0) is 31.2 Å². The normalized spacial score (nSPS) is 27.4. The Hall–Kier alpha value is -0.650. The molecule has 92 valence electrons. The predicted molar refractivity (Wildman–Crippen MR) is 58.9 cm³/mol. The van der Waals surface area contributed by atoms with Gasteiger partial charge in [0, 0.05) is 6.54 Å². The maximum Gasteiger partial charge on any atom is 0.251 e. The minimum atomic E-state index is -0.428. The van der Waals surface area contributed by atoms with Gasteiger partial charge in [-0.3, -0.25) is 4.79 Å². The smallest absolute Gasteiger partial charge is 0.251 e. The van der Waals surface area contributed by atoms with Crippen molar-refractivity contribution in [2.24, 2.45) is 11.1 Å². The van der Waals surface area contributed by atoms with Crippen LogP contribution in [0, 0.1) is 5.41 Å². The summed E-state index contributed by atoms with van der Waals surface area (Å²) in [5, 5.41) is 2.94. The molecule has 1 aliphatic heterocycles. The maximum absolute atomic E-state index is 11.7. The van der Waals surface area contributed by atoms with E-state index >= 15 is 0 Å². The Bertz CT molecular complexity index is 248. The fraction of sp³-hybridized carbons (Fsp3) is 0.909. The van der Waals surface area contributed by atoms with Gasteiger partial charge in [-0.2, -0.15) is 0 Å². The molecule has 1 saturated heterocycles. The van der Waals surface area contributed by atoms with Gasteiger partial charge in [-0.1, -0.05) is 0 Å². The first kappa shape index (κ1) is 11.8. The van der Waals surface area contributed by atoms with Crippen LogP contribution in [0.1, 0.15) is 19.3 Å². The zero-order chi connectivity index (χ0) is 11.4. The number of carbonyl (C=O) groups is 1. The molecule has 5 heteroatoms. The fourth-order valence-electron chi connectivity index (χ4n) is 2.03. The molecule has 0 bridgehead atoms. The van der Waals surface area contributed by atoms with Crippen molar-refractivity contribution in [1.82, 2.24) is 5.32 Å². The van der Waals surface area contributed by atoms with Gasteiger partial charge in [0.25, 0.3) is 5.91 Å². The van der Waals surface area contributed by atoms with Crippen LogP contribution in [0.15, 0.2) is 0 Å². The summed E-state index contributed by atoms with van der Waals surface area (Å²) >= 11 is 0. The molecule has 0 radical (unpaired) electrons. The summed E-state index contributed by atoms with van der Waals surface area (Å²) in [6.45, 7) is 2.88. The Morgan fingerprint density at radius 1 is 1.44 bits per heavy atom. The van der Waals surface area contributed by atoms with Crippen LogP contribution in [0.2, 0.25) is 0 Å². The molecule has 1 atom stereocenters. The first-order valence-corrected chi connectivity index (χ1v) is 5.93. The van der Waals surface area contributed by atoms with Gasteiger partial charge < -0.3 is 20.5 Å². The number of nitrogens with two attached hydrogens (primary N) is 1. The van der Waals surface area contributed by atoms with E-state index in [-0.39, 0.29) is 11.3 Å². The molecule has 2 rings (SSSR count). The minimum Gasteiger partial charge on any atom is -0.376 e. The van der Waals surface area contributed by atoms with E-state index in [2.05, 4.69) is 5.32 Å². The van der Waals surface area contributed by atoms with Crippen molar-refractivity contribution in [1.29, 1.82) is 0 Å². The van der Waals surface area contributed by atoms with Gasteiger partial charge in [-0.15, -0.1) is 0 Å². The van der Waals surface area contributed by atoms with Crippen LogP contribution in [0.3, 0.4) is 0 Å². The average Bonchev–Trinajstić information content (AvgIpc) is 3.08. The van der Waals surface area contributed by atoms with Crippen LogP contribution in [0.4, 0.5) is 0 Å². The quantitative estimate of drug-likeness (QED) is 0.674. The predicted octanol–water partition coefficient (Wildman–Crippen LogP) is -0.353. The van der Waals surface area contributed by atoms with Crippen LogP contribution in [-0.4, -0.2) is 44.9 Å². The third-order valence-corrected chi connectivity index (χ3v) is 3.38. The minimum absolute atomic E-state index is 0.0528. The van der Waals surface area contributed by atoms with E-state index < -0.39 is 6.10 Å². The number of ether oxygens (including phenoxy) is 2. The second kappa shape index (κ2) is 5.12. The number of nitrogens with one attached hydrogen (secondary N) is 1. The van der Waals surface area contributed by atoms with Crippen molar-refractivity contribution in [2.45, 2.75) is 25.4 Å². The summed E-state index contributed by atoms with van der Waals surface area (Å²) in [7, 11) is 0. The molecular formula is C11H20N2O3. The van der Waals surface area contributed by atoms with Gasteiger partial charge >= 0.3 is 0 Å². The highest BCUT2D eigenvalue weighted by Crippen LogP contribution is 2.47. The summed E-state index contributed by atoms with van der Waals surface area (Å²) in [5.41, 5.74) is 5.82. The maximum atomic E-state index is 11.7. The highest BCUT2D eigenvalue weighted by Gasteiger charge is 2.42. The molecule has 0 aromatic carbocycles. The lowest BCUT2D eigenvalue weighted by molar-refractivity contribution is -0.147. The van der Waals surface area contributed by atoms with E-state index in [4.69, 9.17) is 15.2 Å². The molecule has 16 heavy (non-hydrogen) atoms. The highest BCUT2D eigenvalue weighted by molar-refractivity contribution is 5.81. The molecule has 1 saturated carbocycles. The van der Waals surface area contributed by atoms with Crippen LogP contribution < -0.4 is 11.1 Å². The van der Waals surface area contributed by atoms with E-state index in [1.165, 1.54) is 12.8 Å². The SMILES string of the molecule is NCCC1(CNC(=O)C2COCCO2)CC1. The van der Waals surface area contributed by atoms with E-state index in [9.17, 15) is 4.79 Å². The van der Waals surface area contributed by atoms with E-state index in [1.54, 1.807) is 0 Å². The Morgan fingerprint density at radius 3 is 2.81 bits per heavy atom. The van der Waals surface area contributed by atoms with Crippen molar-refractivity contribution < 1.29 is 14.3 Å². The van der Waals surface area contributed by atoms with Crippen LogP contribution in [0.5, 0.6) is 0 Å². The molecule has 0 spiro atoms. The van der Waals surface area contributed by atoms with E-state index in [0.29, 0.717) is 26.4 Å².